The van der Waals surface area contributed by atoms with Crippen LogP contribution in [0.5, 0.6) is 28.7 Å². The van der Waals surface area contributed by atoms with Crippen LogP contribution >= 0.6 is 23.2 Å². The number of benzene rings is 4. The zero-order valence-electron chi connectivity index (χ0n) is 20.5. The van der Waals surface area contributed by atoms with Crippen LogP contribution in [0, 0.1) is 6.92 Å². The van der Waals surface area contributed by atoms with E-state index < -0.39 is 45.5 Å². The number of carbonyl (C=O) groups is 2. The van der Waals surface area contributed by atoms with E-state index in [0.717, 1.165) is 11.6 Å². The Balaban J connectivity index is 1.53. The monoisotopic (exact) mass is 568 g/mol. The van der Waals surface area contributed by atoms with Gasteiger partial charge in [-0.1, -0.05) is 83.9 Å². The number of phenolic OH excluding ortho intramolecular Hbond substituents is 3. The van der Waals surface area contributed by atoms with Crippen LogP contribution in [-0.2, 0) is 18.0 Å². The molecule has 0 unspecified atom stereocenters. The second-order valence-corrected chi connectivity index (χ2v) is 9.12. The minimum absolute atomic E-state index is 0.0731. The van der Waals surface area contributed by atoms with Crippen molar-refractivity contribution in [1.29, 1.82) is 0 Å². The summed E-state index contributed by atoms with van der Waals surface area (Å²) < 4.78 is 16.1. The van der Waals surface area contributed by atoms with Crippen molar-refractivity contribution in [3.8, 4) is 28.7 Å². The maximum Gasteiger partial charge on any atom is 0.347 e. The van der Waals surface area contributed by atoms with Gasteiger partial charge in [-0.15, -0.1) is 0 Å². The predicted octanol–water partition coefficient (Wildman–Crippen LogP) is 6.57. The normalized spacial score (nSPS) is 10.6. The number of carbonyl (C=O) groups excluding carboxylic acids is 2. The highest BCUT2D eigenvalue weighted by Crippen LogP contribution is 2.43. The Morgan fingerprint density at radius 2 is 1.26 bits per heavy atom. The van der Waals surface area contributed by atoms with E-state index in [1.807, 2.05) is 30.3 Å². The lowest BCUT2D eigenvalue weighted by atomic mass is 10.1. The van der Waals surface area contributed by atoms with E-state index in [0.29, 0.717) is 5.56 Å². The zero-order valence-corrected chi connectivity index (χ0v) is 22.0. The molecule has 8 nitrogen and oxygen atoms in total. The van der Waals surface area contributed by atoms with E-state index in [2.05, 4.69) is 0 Å². The predicted molar refractivity (Wildman–Crippen MR) is 144 cm³/mol. The summed E-state index contributed by atoms with van der Waals surface area (Å²) in [5.41, 5.74) is 0.837. The second kappa shape index (κ2) is 12.0. The lowest BCUT2D eigenvalue weighted by Gasteiger charge is -2.16. The van der Waals surface area contributed by atoms with E-state index in [1.165, 1.54) is 13.0 Å². The largest absolute Gasteiger partial charge is 0.507 e. The first-order valence-electron chi connectivity index (χ1n) is 11.5. The first kappa shape index (κ1) is 27.6. The fraction of sp³-hybridized carbons (Fsp3) is 0.103. The molecule has 0 aliphatic rings. The van der Waals surface area contributed by atoms with Crippen LogP contribution < -0.4 is 9.47 Å². The molecule has 0 saturated carbocycles. The summed E-state index contributed by atoms with van der Waals surface area (Å²) in [4.78, 5) is 25.5. The van der Waals surface area contributed by atoms with Crippen LogP contribution in [0.2, 0.25) is 10.0 Å². The molecule has 0 aliphatic heterocycles. The third kappa shape index (κ3) is 6.19. The van der Waals surface area contributed by atoms with Crippen molar-refractivity contribution in [3.63, 3.8) is 0 Å². The second-order valence-electron chi connectivity index (χ2n) is 8.36. The first-order chi connectivity index (χ1) is 18.7. The summed E-state index contributed by atoms with van der Waals surface area (Å²) in [5, 5.41) is 31.0. The Labute approximate surface area is 233 Å². The summed E-state index contributed by atoms with van der Waals surface area (Å²) in [5.74, 6) is -4.49. The third-order valence-electron chi connectivity index (χ3n) is 5.69. The maximum absolute atomic E-state index is 13.0. The van der Waals surface area contributed by atoms with Gasteiger partial charge in [0.05, 0.1) is 5.02 Å². The number of hydrogen-bond donors (Lipinski definition) is 3. The maximum atomic E-state index is 13.0. The average Bonchev–Trinajstić information content (AvgIpc) is 2.93. The molecule has 0 bridgehead atoms. The van der Waals surface area contributed by atoms with Crippen LogP contribution in [0.3, 0.4) is 0 Å². The Morgan fingerprint density at radius 3 is 1.87 bits per heavy atom. The summed E-state index contributed by atoms with van der Waals surface area (Å²) >= 11 is 12.5. The molecule has 0 saturated heterocycles. The molecule has 0 fully saturated rings. The van der Waals surface area contributed by atoms with E-state index in [1.54, 1.807) is 30.3 Å². The van der Waals surface area contributed by atoms with Gasteiger partial charge < -0.3 is 29.5 Å². The highest BCUT2D eigenvalue weighted by molar-refractivity contribution is 6.34. The fourth-order valence-corrected chi connectivity index (χ4v) is 4.06. The molecule has 10 heteroatoms. The van der Waals surface area contributed by atoms with E-state index in [9.17, 15) is 24.9 Å². The summed E-state index contributed by atoms with van der Waals surface area (Å²) in [6, 6.07) is 20.1. The van der Waals surface area contributed by atoms with Crippen molar-refractivity contribution in [2.24, 2.45) is 0 Å². The molecule has 0 aliphatic carbocycles. The Morgan fingerprint density at radius 1 is 0.718 bits per heavy atom. The molecule has 0 aromatic heterocycles. The average molecular weight is 569 g/mol. The highest BCUT2D eigenvalue weighted by atomic mass is 35.5. The van der Waals surface area contributed by atoms with Gasteiger partial charge in [0.2, 0.25) is 0 Å². The molecule has 0 atom stereocenters. The number of aromatic hydroxyl groups is 3. The summed E-state index contributed by atoms with van der Waals surface area (Å²) in [6.07, 6.45) is 0. The van der Waals surface area contributed by atoms with Crippen LogP contribution in [0.15, 0.2) is 72.8 Å². The lowest BCUT2D eigenvalue weighted by Crippen LogP contribution is -2.13. The summed E-state index contributed by atoms with van der Waals surface area (Å²) in [7, 11) is 0. The zero-order chi connectivity index (χ0) is 28.1. The molecule has 39 heavy (non-hydrogen) atoms. The highest BCUT2D eigenvalue weighted by Gasteiger charge is 2.28. The number of ether oxygens (including phenoxy) is 3. The Bertz CT molecular complexity index is 1520. The molecule has 4 rings (SSSR count). The van der Waals surface area contributed by atoms with Crippen molar-refractivity contribution in [2.75, 3.05) is 0 Å². The Hall–Kier alpha value is -4.40. The molecule has 3 N–H and O–H groups in total. The van der Waals surface area contributed by atoms with E-state index in [4.69, 9.17) is 37.4 Å². The molecule has 0 amide bonds. The topological polar surface area (TPSA) is 123 Å². The standard InChI is InChI=1S/C29H22Cl2O8/c1-16-23(19(32)12-21(25(16)30)37-14-17-8-4-2-5-9-17)29(36)39-22-13-20(33)24(27(34)26(22)31)28(35)38-15-18-10-6-3-7-11-18/h2-13,32-34H,14-15H2,1H3. The van der Waals surface area contributed by atoms with Gasteiger partial charge in [0.25, 0.3) is 0 Å². The van der Waals surface area contributed by atoms with Crippen LogP contribution in [0.25, 0.3) is 0 Å². The van der Waals surface area contributed by atoms with Crippen LogP contribution in [-0.4, -0.2) is 27.3 Å². The van der Waals surface area contributed by atoms with Crippen LogP contribution in [0.4, 0.5) is 0 Å². The van der Waals surface area contributed by atoms with Gasteiger partial charge >= 0.3 is 11.9 Å². The summed E-state index contributed by atoms with van der Waals surface area (Å²) in [6.45, 7) is 1.55. The third-order valence-corrected chi connectivity index (χ3v) is 6.53. The molecule has 0 spiro atoms. The SMILES string of the molecule is Cc1c(Cl)c(OCc2ccccc2)cc(O)c1C(=O)Oc1cc(O)c(C(=O)OCc2ccccc2)c(O)c1Cl. The molecular formula is C29H22Cl2O8. The number of hydrogen-bond acceptors (Lipinski definition) is 8. The minimum Gasteiger partial charge on any atom is -0.507 e. The smallest absolute Gasteiger partial charge is 0.347 e. The fourth-order valence-electron chi connectivity index (χ4n) is 3.67. The van der Waals surface area contributed by atoms with E-state index in [-0.39, 0.29) is 35.1 Å². The van der Waals surface area contributed by atoms with E-state index >= 15 is 0 Å². The van der Waals surface area contributed by atoms with Gasteiger partial charge in [-0.2, -0.15) is 0 Å². The minimum atomic E-state index is -1.08. The van der Waals surface area contributed by atoms with Crippen molar-refractivity contribution in [1.82, 2.24) is 0 Å². The number of rotatable bonds is 8. The van der Waals surface area contributed by atoms with Crippen molar-refractivity contribution < 1.29 is 39.1 Å². The van der Waals surface area contributed by atoms with Gasteiger partial charge in [-0.05, 0) is 23.6 Å². The van der Waals surface area contributed by atoms with Gasteiger partial charge in [0.1, 0.15) is 46.6 Å². The van der Waals surface area contributed by atoms with Crippen molar-refractivity contribution in [2.45, 2.75) is 20.1 Å². The molecular weight excluding hydrogens is 547 g/mol. The molecule has 0 heterocycles. The number of esters is 2. The van der Waals surface area contributed by atoms with Gasteiger partial charge in [0, 0.05) is 12.1 Å². The molecule has 4 aromatic rings. The first-order valence-corrected chi connectivity index (χ1v) is 12.3. The molecule has 4 aromatic carbocycles. The molecule has 200 valence electrons. The molecule has 0 radical (unpaired) electrons. The van der Waals surface area contributed by atoms with Gasteiger partial charge in [-0.25, -0.2) is 9.59 Å². The van der Waals surface area contributed by atoms with Gasteiger partial charge in [-0.3, -0.25) is 0 Å². The van der Waals surface area contributed by atoms with Gasteiger partial charge in [0.15, 0.2) is 11.5 Å². The van der Waals surface area contributed by atoms with Crippen molar-refractivity contribution in [3.05, 3.63) is 111 Å². The number of phenols is 3. The lowest BCUT2D eigenvalue weighted by molar-refractivity contribution is 0.0466. The Kier molecular flexibility index (Phi) is 8.49. The number of halogens is 2. The van der Waals surface area contributed by atoms with Crippen molar-refractivity contribution >= 4 is 35.1 Å². The van der Waals surface area contributed by atoms with Crippen LogP contribution in [0.1, 0.15) is 37.4 Å². The quantitative estimate of drug-likeness (QED) is 0.161.